The van der Waals surface area contributed by atoms with Crippen molar-refractivity contribution in [3.05, 3.63) is 36.0 Å². The minimum absolute atomic E-state index is 0.244. The number of ether oxygens (including phenoxy) is 1. The molecule has 7 heteroatoms. The molecule has 0 radical (unpaired) electrons. The molecule has 2 rings (SSSR count). The summed E-state index contributed by atoms with van der Waals surface area (Å²) in [4.78, 5) is 0. The van der Waals surface area contributed by atoms with Crippen LogP contribution in [0.2, 0.25) is 0 Å². The van der Waals surface area contributed by atoms with Crippen LogP contribution in [0.25, 0.3) is 11.3 Å². The Balaban J connectivity index is 2.28. The zero-order chi connectivity index (χ0) is 15.3. The van der Waals surface area contributed by atoms with E-state index in [1.807, 2.05) is 6.92 Å². The zero-order valence-corrected chi connectivity index (χ0v) is 11.5. The molecule has 1 heterocycles. The third kappa shape index (κ3) is 4.22. The minimum atomic E-state index is -4.73. The van der Waals surface area contributed by atoms with Gasteiger partial charge < -0.3 is 10.1 Å². The van der Waals surface area contributed by atoms with Gasteiger partial charge in [-0.05, 0) is 25.1 Å². The topological polar surface area (TPSA) is 49.9 Å². The standard InChI is InChI=1S/C14H16F3N3O/c1-2-7-18-8-10-9-19-20-13(10)11-5-3-4-6-12(11)21-14(15,16)17/h3-6,9,18H,2,7-8H2,1H3,(H,19,20). The SMILES string of the molecule is CCCNCc1cn[nH]c1-c1ccccc1OC(F)(F)F. The molecular weight excluding hydrogens is 283 g/mol. The molecule has 0 aliphatic rings. The first kappa shape index (κ1) is 15.4. The molecule has 2 N–H and O–H groups in total. The van der Waals surface area contributed by atoms with Crippen LogP contribution in [0.3, 0.4) is 0 Å². The molecule has 0 fully saturated rings. The molecule has 0 bridgehead atoms. The average Bonchev–Trinajstić information content (AvgIpc) is 2.86. The second-order valence-electron chi connectivity index (χ2n) is 4.49. The lowest BCUT2D eigenvalue weighted by molar-refractivity contribution is -0.274. The van der Waals surface area contributed by atoms with Crippen molar-refractivity contribution in [2.24, 2.45) is 0 Å². The largest absolute Gasteiger partial charge is 0.573 e. The van der Waals surface area contributed by atoms with Crippen molar-refractivity contribution in [3.8, 4) is 17.0 Å². The number of hydrogen-bond acceptors (Lipinski definition) is 3. The molecule has 0 unspecified atom stereocenters. The van der Waals surface area contributed by atoms with E-state index in [9.17, 15) is 13.2 Å². The highest BCUT2D eigenvalue weighted by Gasteiger charge is 2.32. The first-order valence-electron chi connectivity index (χ1n) is 6.59. The molecule has 0 aliphatic carbocycles. The molecule has 0 atom stereocenters. The van der Waals surface area contributed by atoms with Gasteiger partial charge in [-0.3, -0.25) is 5.10 Å². The van der Waals surface area contributed by atoms with Gasteiger partial charge in [-0.25, -0.2) is 0 Å². The maximum absolute atomic E-state index is 12.5. The van der Waals surface area contributed by atoms with Gasteiger partial charge in [0.25, 0.3) is 0 Å². The molecule has 1 aromatic carbocycles. The average molecular weight is 299 g/mol. The van der Waals surface area contributed by atoms with Crippen molar-refractivity contribution in [1.29, 1.82) is 0 Å². The number of alkyl halides is 3. The number of halogens is 3. The first-order valence-corrected chi connectivity index (χ1v) is 6.59. The first-order chi connectivity index (χ1) is 10.0. The van der Waals surface area contributed by atoms with E-state index in [1.54, 1.807) is 18.3 Å². The zero-order valence-electron chi connectivity index (χ0n) is 11.5. The third-order valence-corrected chi connectivity index (χ3v) is 2.84. The monoisotopic (exact) mass is 299 g/mol. The Hall–Kier alpha value is -2.02. The minimum Gasteiger partial charge on any atom is -0.405 e. The summed E-state index contributed by atoms with van der Waals surface area (Å²) in [5.74, 6) is -0.244. The Morgan fingerprint density at radius 1 is 1.29 bits per heavy atom. The molecule has 2 aromatic rings. The van der Waals surface area contributed by atoms with E-state index >= 15 is 0 Å². The van der Waals surface area contributed by atoms with E-state index in [2.05, 4.69) is 20.3 Å². The molecule has 4 nitrogen and oxygen atoms in total. The van der Waals surface area contributed by atoms with E-state index in [0.29, 0.717) is 17.8 Å². The number of aromatic amines is 1. The highest BCUT2D eigenvalue weighted by Crippen LogP contribution is 2.34. The van der Waals surface area contributed by atoms with Crippen LogP contribution >= 0.6 is 0 Å². The quantitative estimate of drug-likeness (QED) is 0.803. The number of rotatable bonds is 6. The lowest BCUT2D eigenvalue weighted by Gasteiger charge is -2.13. The van der Waals surface area contributed by atoms with Crippen molar-refractivity contribution in [2.75, 3.05) is 6.54 Å². The van der Waals surface area contributed by atoms with Crippen molar-refractivity contribution in [1.82, 2.24) is 15.5 Å². The Labute approximate surface area is 120 Å². The number of benzene rings is 1. The van der Waals surface area contributed by atoms with Crippen LogP contribution in [0.1, 0.15) is 18.9 Å². The fraction of sp³-hybridized carbons (Fsp3) is 0.357. The maximum atomic E-state index is 12.5. The molecule has 114 valence electrons. The summed E-state index contributed by atoms with van der Waals surface area (Å²) < 4.78 is 41.4. The fourth-order valence-corrected chi connectivity index (χ4v) is 1.97. The highest BCUT2D eigenvalue weighted by atomic mass is 19.4. The predicted octanol–water partition coefficient (Wildman–Crippen LogP) is 3.47. The summed E-state index contributed by atoms with van der Waals surface area (Å²) in [6.45, 7) is 3.39. The van der Waals surface area contributed by atoms with E-state index in [4.69, 9.17) is 0 Å². The van der Waals surface area contributed by atoms with Gasteiger partial charge in [0, 0.05) is 17.7 Å². The Kier molecular flexibility index (Phi) is 4.85. The Morgan fingerprint density at radius 3 is 2.76 bits per heavy atom. The van der Waals surface area contributed by atoms with Crippen LogP contribution < -0.4 is 10.1 Å². The van der Waals surface area contributed by atoms with Crippen LogP contribution in [-0.4, -0.2) is 23.1 Å². The van der Waals surface area contributed by atoms with Crippen molar-refractivity contribution in [3.63, 3.8) is 0 Å². The molecule has 0 aliphatic heterocycles. The van der Waals surface area contributed by atoms with Crippen LogP contribution in [-0.2, 0) is 6.54 Å². The Bertz CT molecular complexity index is 581. The second-order valence-corrected chi connectivity index (χ2v) is 4.49. The number of aromatic nitrogens is 2. The second kappa shape index (κ2) is 6.62. The number of nitrogens with one attached hydrogen (secondary N) is 2. The highest BCUT2D eigenvalue weighted by molar-refractivity contribution is 5.69. The number of nitrogens with zero attached hydrogens (tertiary/aromatic N) is 1. The van der Waals surface area contributed by atoms with E-state index in [1.165, 1.54) is 12.1 Å². The molecule has 1 aromatic heterocycles. The number of hydrogen-bond donors (Lipinski definition) is 2. The molecular formula is C14H16F3N3O. The summed E-state index contributed by atoms with van der Waals surface area (Å²) in [5.41, 5.74) is 1.65. The summed E-state index contributed by atoms with van der Waals surface area (Å²) in [6.07, 6.45) is -2.15. The van der Waals surface area contributed by atoms with Crippen molar-refractivity contribution < 1.29 is 17.9 Å². The van der Waals surface area contributed by atoms with Crippen molar-refractivity contribution in [2.45, 2.75) is 26.3 Å². The van der Waals surface area contributed by atoms with E-state index in [-0.39, 0.29) is 5.75 Å². The normalized spacial score (nSPS) is 11.6. The van der Waals surface area contributed by atoms with E-state index < -0.39 is 6.36 Å². The number of H-pyrrole nitrogens is 1. The molecule has 0 spiro atoms. The van der Waals surface area contributed by atoms with Gasteiger partial charge >= 0.3 is 6.36 Å². The maximum Gasteiger partial charge on any atom is 0.573 e. The molecule has 0 saturated carbocycles. The number of para-hydroxylation sites is 1. The summed E-state index contributed by atoms with van der Waals surface area (Å²) in [5, 5.41) is 9.84. The third-order valence-electron chi connectivity index (χ3n) is 2.84. The van der Waals surface area contributed by atoms with Crippen molar-refractivity contribution >= 4 is 0 Å². The Morgan fingerprint density at radius 2 is 2.05 bits per heavy atom. The summed E-state index contributed by atoms with van der Waals surface area (Å²) >= 11 is 0. The fourth-order valence-electron chi connectivity index (χ4n) is 1.97. The molecule has 0 saturated heterocycles. The van der Waals surface area contributed by atoms with Crippen LogP contribution in [0.5, 0.6) is 5.75 Å². The molecule has 0 amide bonds. The smallest absolute Gasteiger partial charge is 0.405 e. The van der Waals surface area contributed by atoms with Gasteiger partial charge in [-0.15, -0.1) is 13.2 Å². The van der Waals surface area contributed by atoms with Crippen LogP contribution in [0, 0.1) is 0 Å². The van der Waals surface area contributed by atoms with Gasteiger partial charge in [0.2, 0.25) is 0 Å². The molecule has 21 heavy (non-hydrogen) atoms. The van der Waals surface area contributed by atoms with Gasteiger partial charge in [0.1, 0.15) is 5.75 Å². The van der Waals surface area contributed by atoms with E-state index in [0.717, 1.165) is 18.5 Å². The van der Waals surface area contributed by atoms with Gasteiger partial charge in [0.05, 0.1) is 11.9 Å². The van der Waals surface area contributed by atoms with Crippen LogP contribution in [0.15, 0.2) is 30.5 Å². The van der Waals surface area contributed by atoms with Crippen LogP contribution in [0.4, 0.5) is 13.2 Å². The summed E-state index contributed by atoms with van der Waals surface area (Å²) in [6, 6.07) is 6.00. The predicted molar refractivity (Wildman–Crippen MR) is 72.7 cm³/mol. The van der Waals surface area contributed by atoms with Gasteiger partial charge in [0.15, 0.2) is 0 Å². The lowest BCUT2D eigenvalue weighted by atomic mass is 10.1. The van der Waals surface area contributed by atoms with Gasteiger partial charge in [-0.1, -0.05) is 19.1 Å². The summed E-state index contributed by atoms with van der Waals surface area (Å²) in [7, 11) is 0. The lowest BCUT2D eigenvalue weighted by Crippen LogP contribution is -2.18. The van der Waals surface area contributed by atoms with Gasteiger partial charge in [-0.2, -0.15) is 5.10 Å².